The summed E-state index contributed by atoms with van der Waals surface area (Å²) in [7, 11) is 0. The first kappa shape index (κ1) is 14.0. The molecule has 1 rings (SSSR count). The molecule has 1 atom stereocenters. The topological polar surface area (TPSA) is 81.5 Å². The van der Waals surface area contributed by atoms with E-state index in [2.05, 4.69) is 5.32 Å². The number of nitro benzene ring substituents is 1. The van der Waals surface area contributed by atoms with Crippen LogP contribution in [0.5, 0.6) is 5.75 Å². The number of non-ortho nitro benzene ring substituents is 1. The van der Waals surface area contributed by atoms with Crippen LogP contribution in [0.25, 0.3) is 0 Å². The Morgan fingerprint density at radius 3 is 2.89 bits per heavy atom. The number of amides is 1. The number of benzene rings is 1. The molecule has 1 aromatic rings. The second-order valence-corrected chi connectivity index (χ2v) is 3.92. The molecule has 0 aliphatic rings. The smallest absolute Gasteiger partial charge is 0.273 e. The van der Waals surface area contributed by atoms with Gasteiger partial charge in [0.25, 0.3) is 11.6 Å². The third kappa shape index (κ3) is 4.40. The van der Waals surface area contributed by atoms with Crippen molar-refractivity contribution in [1.82, 2.24) is 5.32 Å². The second-order valence-electron chi connectivity index (χ2n) is 3.92. The lowest BCUT2D eigenvalue weighted by Gasteiger charge is -2.11. The summed E-state index contributed by atoms with van der Waals surface area (Å²) in [5.41, 5.74) is -0.0603. The van der Waals surface area contributed by atoms with Crippen LogP contribution in [0.15, 0.2) is 24.3 Å². The summed E-state index contributed by atoms with van der Waals surface area (Å²) >= 11 is 0. The molecule has 1 unspecified atom stereocenters. The van der Waals surface area contributed by atoms with Crippen molar-refractivity contribution < 1.29 is 14.5 Å². The van der Waals surface area contributed by atoms with Crippen LogP contribution in [0.1, 0.15) is 20.3 Å². The van der Waals surface area contributed by atoms with Gasteiger partial charge in [-0.1, -0.05) is 13.0 Å². The summed E-state index contributed by atoms with van der Waals surface area (Å²) < 4.78 is 5.19. The normalized spacial score (nSPS) is 11.7. The SMILES string of the molecule is CCC(C)NC(=O)COc1cccc([N+](=O)[O-])c1. The lowest BCUT2D eigenvalue weighted by Crippen LogP contribution is -2.35. The van der Waals surface area contributed by atoms with E-state index in [4.69, 9.17) is 4.74 Å². The van der Waals surface area contributed by atoms with E-state index in [1.807, 2.05) is 13.8 Å². The third-order valence-corrected chi connectivity index (χ3v) is 2.42. The summed E-state index contributed by atoms with van der Waals surface area (Å²) in [6, 6.07) is 5.83. The Bertz CT molecular complexity index is 434. The largest absolute Gasteiger partial charge is 0.484 e. The van der Waals surface area contributed by atoms with Gasteiger partial charge in [0.1, 0.15) is 5.75 Å². The number of carbonyl (C=O) groups is 1. The molecule has 0 aliphatic carbocycles. The number of rotatable bonds is 6. The molecule has 0 aliphatic heterocycles. The maximum absolute atomic E-state index is 11.4. The van der Waals surface area contributed by atoms with Gasteiger partial charge < -0.3 is 10.1 Å². The van der Waals surface area contributed by atoms with E-state index in [1.54, 1.807) is 6.07 Å². The van der Waals surface area contributed by atoms with E-state index in [-0.39, 0.29) is 24.2 Å². The molecule has 6 nitrogen and oxygen atoms in total. The van der Waals surface area contributed by atoms with Crippen molar-refractivity contribution in [3.8, 4) is 5.75 Å². The quantitative estimate of drug-likeness (QED) is 0.619. The molecule has 0 fully saturated rings. The molecule has 0 spiro atoms. The minimum Gasteiger partial charge on any atom is -0.484 e. The highest BCUT2D eigenvalue weighted by Gasteiger charge is 2.09. The average molecular weight is 252 g/mol. The lowest BCUT2D eigenvalue weighted by atomic mass is 10.2. The Morgan fingerprint density at radius 2 is 2.28 bits per heavy atom. The van der Waals surface area contributed by atoms with Crippen molar-refractivity contribution in [2.45, 2.75) is 26.3 Å². The molecule has 0 saturated heterocycles. The molecule has 1 N–H and O–H groups in total. The van der Waals surface area contributed by atoms with E-state index in [0.717, 1.165) is 6.42 Å². The van der Waals surface area contributed by atoms with Crippen LogP contribution in [0.2, 0.25) is 0 Å². The van der Waals surface area contributed by atoms with Crippen molar-refractivity contribution in [2.24, 2.45) is 0 Å². The van der Waals surface area contributed by atoms with Gasteiger partial charge in [0, 0.05) is 12.1 Å². The van der Waals surface area contributed by atoms with E-state index in [9.17, 15) is 14.9 Å². The van der Waals surface area contributed by atoms with Crippen LogP contribution < -0.4 is 10.1 Å². The van der Waals surface area contributed by atoms with Crippen molar-refractivity contribution in [1.29, 1.82) is 0 Å². The Morgan fingerprint density at radius 1 is 1.56 bits per heavy atom. The fraction of sp³-hybridized carbons (Fsp3) is 0.417. The molecule has 98 valence electrons. The predicted molar refractivity (Wildman–Crippen MR) is 66.5 cm³/mol. The Labute approximate surface area is 105 Å². The zero-order valence-corrected chi connectivity index (χ0v) is 10.4. The molecule has 0 heterocycles. The van der Waals surface area contributed by atoms with Gasteiger partial charge in [-0.2, -0.15) is 0 Å². The van der Waals surface area contributed by atoms with Crippen LogP contribution >= 0.6 is 0 Å². The number of carbonyl (C=O) groups excluding carboxylic acids is 1. The van der Waals surface area contributed by atoms with E-state index < -0.39 is 4.92 Å². The minimum absolute atomic E-state index is 0.0603. The standard InChI is InChI=1S/C12H16N2O4/c1-3-9(2)13-12(15)8-18-11-6-4-5-10(7-11)14(16)17/h4-7,9H,3,8H2,1-2H3,(H,13,15). The Kier molecular flexibility index (Phi) is 5.10. The molecule has 0 saturated carbocycles. The maximum atomic E-state index is 11.4. The van der Waals surface area contributed by atoms with Gasteiger partial charge in [-0.25, -0.2) is 0 Å². The number of hydrogen-bond acceptors (Lipinski definition) is 4. The van der Waals surface area contributed by atoms with Crippen molar-refractivity contribution in [3.63, 3.8) is 0 Å². The summed E-state index contributed by atoms with van der Waals surface area (Å²) in [5, 5.41) is 13.3. The van der Waals surface area contributed by atoms with Crippen molar-refractivity contribution >= 4 is 11.6 Å². The van der Waals surface area contributed by atoms with Gasteiger partial charge in [0.2, 0.25) is 0 Å². The Hall–Kier alpha value is -2.11. The number of hydrogen-bond donors (Lipinski definition) is 1. The highest BCUT2D eigenvalue weighted by atomic mass is 16.6. The monoisotopic (exact) mass is 252 g/mol. The first-order valence-electron chi connectivity index (χ1n) is 5.69. The van der Waals surface area contributed by atoms with Gasteiger partial charge in [-0.15, -0.1) is 0 Å². The first-order chi connectivity index (χ1) is 8.52. The highest BCUT2D eigenvalue weighted by molar-refractivity contribution is 5.77. The zero-order chi connectivity index (χ0) is 13.5. The highest BCUT2D eigenvalue weighted by Crippen LogP contribution is 2.18. The molecule has 18 heavy (non-hydrogen) atoms. The fourth-order valence-corrected chi connectivity index (χ4v) is 1.25. The molecule has 0 radical (unpaired) electrons. The van der Waals surface area contributed by atoms with Crippen LogP contribution in [0, 0.1) is 10.1 Å². The average Bonchev–Trinajstić information content (AvgIpc) is 2.36. The summed E-state index contributed by atoms with van der Waals surface area (Å²) in [4.78, 5) is 21.5. The first-order valence-corrected chi connectivity index (χ1v) is 5.69. The molecule has 0 aromatic heterocycles. The summed E-state index contributed by atoms with van der Waals surface area (Å²) in [6.07, 6.45) is 0.836. The van der Waals surface area contributed by atoms with Crippen LogP contribution in [-0.4, -0.2) is 23.5 Å². The number of ether oxygens (including phenoxy) is 1. The van der Waals surface area contributed by atoms with Crippen LogP contribution in [-0.2, 0) is 4.79 Å². The predicted octanol–water partition coefficient (Wildman–Crippen LogP) is 1.89. The van der Waals surface area contributed by atoms with Gasteiger partial charge in [-0.3, -0.25) is 14.9 Å². The number of nitro groups is 1. The molecule has 1 amide bonds. The fourth-order valence-electron chi connectivity index (χ4n) is 1.25. The lowest BCUT2D eigenvalue weighted by molar-refractivity contribution is -0.384. The van der Waals surface area contributed by atoms with Gasteiger partial charge in [0.15, 0.2) is 6.61 Å². The van der Waals surface area contributed by atoms with Crippen LogP contribution in [0.4, 0.5) is 5.69 Å². The minimum atomic E-state index is -0.508. The Balaban J connectivity index is 2.50. The van der Waals surface area contributed by atoms with Gasteiger partial charge in [-0.05, 0) is 19.4 Å². The van der Waals surface area contributed by atoms with Crippen molar-refractivity contribution in [2.75, 3.05) is 6.61 Å². The maximum Gasteiger partial charge on any atom is 0.273 e. The number of nitrogens with one attached hydrogen (secondary N) is 1. The van der Waals surface area contributed by atoms with Crippen LogP contribution in [0.3, 0.4) is 0 Å². The zero-order valence-electron chi connectivity index (χ0n) is 10.4. The summed E-state index contributed by atoms with van der Waals surface area (Å²) in [5.74, 6) is 0.0688. The molecule has 6 heteroatoms. The third-order valence-electron chi connectivity index (χ3n) is 2.42. The molecular formula is C12H16N2O4. The van der Waals surface area contributed by atoms with E-state index in [1.165, 1.54) is 18.2 Å². The molecular weight excluding hydrogens is 236 g/mol. The van der Waals surface area contributed by atoms with Gasteiger partial charge >= 0.3 is 0 Å². The van der Waals surface area contributed by atoms with E-state index >= 15 is 0 Å². The van der Waals surface area contributed by atoms with Crippen molar-refractivity contribution in [3.05, 3.63) is 34.4 Å². The molecule has 0 bridgehead atoms. The van der Waals surface area contributed by atoms with E-state index in [0.29, 0.717) is 5.75 Å². The molecule has 1 aromatic carbocycles. The van der Waals surface area contributed by atoms with Gasteiger partial charge in [0.05, 0.1) is 11.0 Å². The summed E-state index contributed by atoms with van der Waals surface area (Å²) in [6.45, 7) is 3.71. The number of nitrogens with zero attached hydrogens (tertiary/aromatic N) is 1. The second kappa shape index (κ2) is 6.58.